The Kier molecular flexibility index (Phi) is 2.93. The van der Waals surface area contributed by atoms with Gasteiger partial charge in [0.2, 0.25) is 0 Å². The largest absolute Gasteiger partial charge is 0.464 e. The van der Waals surface area contributed by atoms with Crippen LogP contribution in [-0.4, -0.2) is 35.9 Å². The van der Waals surface area contributed by atoms with Crippen molar-refractivity contribution in [1.29, 1.82) is 0 Å². The van der Waals surface area contributed by atoms with Crippen LogP contribution in [0.15, 0.2) is 6.20 Å². The molecule has 0 radical (unpaired) electrons. The number of nitrogens with one attached hydrogen (secondary N) is 1. The summed E-state index contributed by atoms with van der Waals surface area (Å²) in [5, 5.41) is 7.66. The summed E-state index contributed by atoms with van der Waals surface area (Å²) in [7, 11) is 1.34. The molecule has 2 rings (SSSR count). The predicted molar refractivity (Wildman–Crippen MR) is 55.1 cm³/mol. The molecule has 1 N–H and O–H groups in total. The summed E-state index contributed by atoms with van der Waals surface area (Å²) in [5.74, 6) is -0.440. The van der Waals surface area contributed by atoms with Gasteiger partial charge in [-0.3, -0.25) is 4.68 Å². The molecule has 1 atom stereocenters. The Balaban J connectivity index is 2.34. The minimum atomic E-state index is -0.440. The third-order valence-electron chi connectivity index (χ3n) is 2.51. The first-order valence-electron chi connectivity index (χ1n) is 4.76. The maximum atomic E-state index is 11.5. The van der Waals surface area contributed by atoms with Crippen LogP contribution in [0.5, 0.6) is 0 Å². The van der Waals surface area contributed by atoms with E-state index in [1.54, 1.807) is 4.68 Å². The zero-order chi connectivity index (χ0) is 10.8. The number of carbonyl (C=O) groups is 1. The van der Waals surface area contributed by atoms with E-state index in [0.29, 0.717) is 10.7 Å². The SMILES string of the molecule is COC(=O)c1c(Cl)cnn1[C@H]1CCNC1. The topological polar surface area (TPSA) is 56.1 Å². The molecule has 1 aromatic heterocycles. The molecule has 0 aliphatic carbocycles. The minimum Gasteiger partial charge on any atom is -0.464 e. The minimum absolute atomic E-state index is 0.187. The van der Waals surface area contributed by atoms with Crippen LogP contribution in [0.4, 0.5) is 0 Å². The summed E-state index contributed by atoms with van der Waals surface area (Å²) in [5.41, 5.74) is 0.341. The molecule has 5 nitrogen and oxygen atoms in total. The molecule has 82 valence electrons. The van der Waals surface area contributed by atoms with Crippen molar-refractivity contribution in [3.05, 3.63) is 16.9 Å². The average molecular weight is 230 g/mol. The zero-order valence-corrected chi connectivity index (χ0v) is 9.12. The van der Waals surface area contributed by atoms with Gasteiger partial charge in [0, 0.05) is 6.54 Å². The van der Waals surface area contributed by atoms with Gasteiger partial charge in [-0.25, -0.2) is 4.79 Å². The van der Waals surface area contributed by atoms with Crippen LogP contribution in [0.1, 0.15) is 23.0 Å². The Morgan fingerprint density at radius 3 is 3.20 bits per heavy atom. The molecular formula is C9H12ClN3O2. The van der Waals surface area contributed by atoms with Crippen LogP contribution in [0.2, 0.25) is 5.02 Å². The van der Waals surface area contributed by atoms with Crippen LogP contribution in [-0.2, 0) is 4.74 Å². The highest BCUT2D eigenvalue weighted by molar-refractivity contribution is 6.33. The second-order valence-corrected chi connectivity index (χ2v) is 3.83. The first-order chi connectivity index (χ1) is 7.24. The van der Waals surface area contributed by atoms with E-state index in [1.165, 1.54) is 13.3 Å². The maximum Gasteiger partial charge on any atom is 0.357 e. The van der Waals surface area contributed by atoms with E-state index < -0.39 is 5.97 Å². The summed E-state index contributed by atoms with van der Waals surface area (Å²) < 4.78 is 6.32. The highest BCUT2D eigenvalue weighted by Gasteiger charge is 2.25. The fraction of sp³-hybridized carbons (Fsp3) is 0.556. The van der Waals surface area contributed by atoms with Gasteiger partial charge < -0.3 is 10.1 Å². The predicted octanol–water partition coefficient (Wildman–Crippen LogP) is 0.857. The zero-order valence-electron chi connectivity index (χ0n) is 8.36. The van der Waals surface area contributed by atoms with Crippen molar-refractivity contribution in [2.24, 2.45) is 0 Å². The standard InChI is InChI=1S/C9H12ClN3O2/c1-15-9(14)8-7(10)5-12-13(8)6-2-3-11-4-6/h5-6,11H,2-4H2,1H3/t6-/m0/s1. The molecule has 0 amide bonds. The van der Waals surface area contributed by atoms with Gasteiger partial charge >= 0.3 is 5.97 Å². The lowest BCUT2D eigenvalue weighted by Crippen LogP contribution is -2.19. The first kappa shape index (κ1) is 10.4. The third kappa shape index (κ3) is 1.85. The second kappa shape index (κ2) is 4.20. The van der Waals surface area contributed by atoms with Crippen LogP contribution >= 0.6 is 11.6 Å². The van der Waals surface area contributed by atoms with Crippen molar-refractivity contribution >= 4 is 17.6 Å². The van der Waals surface area contributed by atoms with Gasteiger partial charge in [-0.1, -0.05) is 11.6 Å². The number of aromatic nitrogens is 2. The van der Waals surface area contributed by atoms with E-state index in [4.69, 9.17) is 11.6 Å². The Hall–Kier alpha value is -1.07. The Morgan fingerprint density at radius 2 is 2.60 bits per heavy atom. The van der Waals surface area contributed by atoms with Crippen molar-refractivity contribution in [2.75, 3.05) is 20.2 Å². The van der Waals surface area contributed by atoms with Gasteiger partial charge in [-0.05, 0) is 13.0 Å². The van der Waals surface area contributed by atoms with E-state index in [1.807, 2.05) is 0 Å². The summed E-state index contributed by atoms with van der Waals surface area (Å²) in [6.45, 7) is 1.74. The molecule has 0 bridgehead atoms. The lowest BCUT2D eigenvalue weighted by atomic mass is 10.2. The molecule has 1 aromatic rings. The third-order valence-corrected chi connectivity index (χ3v) is 2.79. The fourth-order valence-corrected chi connectivity index (χ4v) is 1.96. The highest BCUT2D eigenvalue weighted by atomic mass is 35.5. The van der Waals surface area contributed by atoms with Gasteiger partial charge in [0.15, 0.2) is 5.69 Å². The maximum absolute atomic E-state index is 11.5. The Labute approximate surface area is 92.4 Å². The number of methoxy groups -OCH3 is 1. The average Bonchev–Trinajstić information content (AvgIpc) is 2.85. The van der Waals surface area contributed by atoms with Gasteiger partial charge in [-0.15, -0.1) is 0 Å². The van der Waals surface area contributed by atoms with Gasteiger partial charge in [0.25, 0.3) is 0 Å². The molecule has 0 saturated carbocycles. The van der Waals surface area contributed by atoms with Crippen molar-refractivity contribution in [3.63, 3.8) is 0 Å². The van der Waals surface area contributed by atoms with E-state index in [-0.39, 0.29) is 6.04 Å². The number of hydrogen-bond donors (Lipinski definition) is 1. The van der Waals surface area contributed by atoms with E-state index in [0.717, 1.165) is 19.5 Å². The lowest BCUT2D eigenvalue weighted by Gasteiger charge is -2.12. The smallest absolute Gasteiger partial charge is 0.357 e. The summed E-state index contributed by atoms with van der Waals surface area (Å²) in [4.78, 5) is 11.5. The number of halogens is 1. The van der Waals surface area contributed by atoms with Crippen LogP contribution in [0, 0.1) is 0 Å². The number of hydrogen-bond acceptors (Lipinski definition) is 4. The second-order valence-electron chi connectivity index (χ2n) is 3.42. The molecule has 1 fully saturated rings. The highest BCUT2D eigenvalue weighted by Crippen LogP contribution is 2.23. The van der Waals surface area contributed by atoms with Crippen molar-refractivity contribution in [2.45, 2.75) is 12.5 Å². The molecule has 0 spiro atoms. The van der Waals surface area contributed by atoms with E-state index >= 15 is 0 Å². The summed E-state index contributed by atoms with van der Waals surface area (Å²) >= 11 is 5.89. The van der Waals surface area contributed by atoms with Gasteiger partial charge in [0.05, 0.1) is 24.4 Å². The van der Waals surface area contributed by atoms with Crippen molar-refractivity contribution < 1.29 is 9.53 Å². The number of esters is 1. The monoisotopic (exact) mass is 229 g/mol. The van der Waals surface area contributed by atoms with Crippen LogP contribution < -0.4 is 5.32 Å². The molecule has 2 heterocycles. The van der Waals surface area contributed by atoms with Gasteiger partial charge in [-0.2, -0.15) is 5.10 Å². The Morgan fingerprint density at radius 1 is 1.80 bits per heavy atom. The quantitative estimate of drug-likeness (QED) is 0.765. The molecule has 1 aliphatic heterocycles. The summed E-state index contributed by atoms with van der Waals surface area (Å²) in [6, 6.07) is 0.187. The van der Waals surface area contributed by atoms with Crippen LogP contribution in [0.3, 0.4) is 0 Å². The number of nitrogens with zero attached hydrogens (tertiary/aromatic N) is 2. The van der Waals surface area contributed by atoms with Crippen LogP contribution in [0.25, 0.3) is 0 Å². The molecule has 15 heavy (non-hydrogen) atoms. The van der Waals surface area contributed by atoms with Crippen molar-refractivity contribution in [1.82, 2.24) is 15.1 Å². The normalized spacial score (nSPS) is 20.5. The molecule has 1 aliphatic rings. The molecule has 0 unspecified atom stereocenters. The molecule has 6 heteroatoms. The van der Waals surface area contributed by atoms with E-state index in [9.17, 15) is 4.79 Å². The number of rotatable bonds is 2. The first-order valence-corrected chi connectivity index (χ1v) is 5.14. The summed E-state index contributed by atoms with van der Waals surface area (Å²) in [6.07, 6.45) is 2.42. The fourth-order valence-electron chi connectivity index (χ4n) is 1.75. The lowest BCUT2D eigenvalue weighted by molar-refractivity contribution is 0.0584. The van der Waals surface area contributed by atoms with E-state index in [2.05, 4.69) is 15.2 Å². The number of ether oxygens (including phenoxy) is 1. The number of carbonyl (C=O) groups excluding carboxylic acids is 1. The molecular weight excluding hydrogens is 218 g/mol. The van der Waals surface area contributed by atoms with Gasteiger partial charge in [0.1, 0.15) is 0 Å². The Bertz CT molecular complexity index is 371. The molecule has 0 aromatic carbocycles. The van der Waals surface area contributed by atoms with Crippen molar-refractivity contribution in [3.8, 4) is 0 Å². The molecule has 1 saturated heterocycles.